The van der Waals surface area contributed by atoms with Crippen molar-refractivity contribution in [1.29, 1.82) is 0 Å². The Labute approximate surface area is 128 Å². The smallest absolute Gasteiger partial charge is 0.410 e. The van der Waals surface area contributed by atoms with Crippen LogP contribution in [0, 0.1) is 0 Å². The predicted molar refractivity (Wildman–Crippen MR) is 80.9 cm³/mol. The molecule has 7 heteroatoms. The SMILES string of the molecule is CC(C)(C)OC(=O)N1CCC(N)(c2nc(CO)cs2)CC1. The predicted octanol–water partition coefficient (Wildman–Crippen LogP) is 1.82. The Hall–Kier alpha value is -1.18. The van der Waals surface area contributed by atoms with Crippen molar-refractivity contribution in [3.8, 4) is 0 Å². The van der Waals surface area contributed by atoms with Crippen molar-refractivity contribution in [3.63, 3.8) is 0 Å². The minimum atomic E-state index is -0.517. The molecule has 0 radical (unpaired) electrons. The molecule has 2 rings (SSSR count). The molecule has 0 saturated carbocycles. The average Bonchev–Trinajstić information content (AvgIpc) is 2.87. The Balaban J connectivity index is 1.97. The third-order valence-electron chi connectivity index (χ3n) is 3.45. The van der Waals surface area contributed by atoms with E-state index in [1.165, 1.54) is 11.3 Å². The number of aliphatic hydroxyl groups is 1. The molecule has 1 fully saturated rings. The van der Waals surface area contributed by atoms with Crippen LogP contribution in [0.2, 0.25) is 0 Å². The van der Waals surface area contributed by atoms with E-state index >= 15 is 0 Å². The Morgan fingerprint density at radius 3 is 2.62 bits per heavy atom. The maximum Gasteiger partial charge on any atom is 0.410 e. The number of nitrogens with zero attached hydrogens (tertiary/aromatic N) is 2. The number of amides is 1. The van der Waals surface area contributed by atoms with Crippen LogP contribution in [0.1, 0.15) is 44.3 Å². The largest absolute Gasteiger partial charge is 0.444 e. The molecular formula is C14H23N3O3S. The first-order chi connectivity index (χ1) is 9.73. The van der Waals surface area contributed by atoms with Crippen LogP contribution in [0.5, 0.6) is 0 Å². The van der Waals surface area contributed by atoms with Gasteiger partial charge in [-0.05, 0) is 33.6 Å². The molecule has 1 amide bonds. The highest BCUT2D eigenvalue weighted by molar-refractivity contribution is 7.09. The van der Waals surface area contributed by atoms with E-state index in [0.29, 0.717) is 31.6 Å². The lowest BCUT2D eigenvalue weighted by Crippen LogP contribution is -2.50. The first-order valence-electron chi connectivity index (χ1n) is 7.06. The van der Waals surface area contributed by atoms with Crippen molar-refractivity contribution in [2.75, 3.05) is 13.1 Å². The van der Waals surface area contributed by atoms with E-state index in [1.807, 2.05) is 26.2 Å². The quantitative estimate of drug-likeness (QED) is 0.869. The van der Waals surface area contributed by atoms with Crippen molar-refractivity contribution < 1.29 is 14.6 Å². The Bertz CT molecular complexity index is 502. The van der Waals surface area contributed by atoms with Gasteiger partial charge >= 0.3 is 6.09 Å². The topological polar surface area (TPSA) is 88.7 Å². The van der Waals surface area contributed by atoms with Gasteiger partial charge in [-0.3, -0.25) is 0 Å². The number of nitrogens with two attached hydrogens (primary N) is 1. The van der Waals surface area contributed by atoms with E-state index < -0.39 is 11.1 Å². The highest BCUT2D eigenvalue weighted by Gasteiger charge is 2.37. The molecule has 0 aromatic carbocycles. The van der Waals surface area contributed by atoms with E-state index in [1.54, 1.807) is 4.90 Å². The normalized spacial score (nSPS) is 18.6. The number of carbonyl (C=O) groups excluding carboxylic acids is 1. The maximum absolute atomic E-state index is 12.0. The summed E-state index contributed by atoms with van der Waals surface area (Å²) in [5.74, 6) is 0. The van der Waals surface area contributed by atoms with E-state index in [4.69, 9.17) is 15.6 Å². The van der Waals surface area contributed by atoms with Gasteiger partial charge in [-0.15, -0.1) is 11.3 Å². The van der Waals surface area contributed by atoms with E-state index in [2.05, 4.69) is 4.98 Å². The van der Waals surface area contributed by atoms with Gasteiger partial charge in [0, 0.05) is 18.5 Å². The zero-order chi connectivity index (χ0) is 15.7. The lowest BCUT2D eigenvalue weighted by molar-refractivity contribution is 0.0166. The van der Waals surface area contributed by atoms with Crippen LogP contribution in [0.3, 0.4) is 0 Å². The molecule has 0 aliphatic carbocycles. The first kappa shape index (κ1) is 16.2. The summed E-state index contributed by atoms with van der Waals surface area (Å²) < 4.78 is 5.37. The molecule has 21 heavy (non-hydrogen) atoms. The van der Waals surface area contributed by atoms with Gasteiger partial charge in [0.25, 0.3) is 0 Å². The van der Waals surface area contributed by atoms with Crippen molar-refractivity contribution >= 4 is 17.4 Å². The fourth-order valence-electron chi connectivity index (χ4n) is 2.24. The number of likely N-dealkylation sites (tertiary alicyclic amines) is 1. The number of aromatic nitrogens is 1. The van der Waals surface area contributed by atoms with Crippen LogP contribution in [0.15, 0.2) is 5.38 Å². The minimum Gasteiger partial charge on any atom is -0.444 e. The lowest BCUT2D eigenvalue weighted by atomic mass is 9.89. The zero-order valence-corrected chi connectivity index (χ0v) is 13.6. The molecule has 1 aromatic heterocycles. The first-order valence-corrected chi connectivity index (χ1v) is 7.94. The van der Waals surface area contributed by atoms with E-state index in [0.717, 1.165) is 5.01 Å². The number of ether oxygens (including phenoxy) is 1. The van der Waals surface area contributed by atoms with Crippen molar-refractivity contribution in [2.24, 2.45) is 5.73 Å². The summed E-state index contributed by atoms with van der Waals surface area (Å²) in [5, 5.41) is 11.7. The number of hydrogen-bond donors (Lipinski definition) is 2. The fraction of sp³-hybridized carbons (Fsp3) is 0.714. The highest BCUT2D eigenvalue weighted by atomic mass is 32.1. The number of piperidine rings is 1. The molecule has 0 bridgehead atoms. The summed E-state index contributed by atoms with van der Waals surface area (Å²) in [6, 6.07) is 0. The third-order valence-corrected chi connectivity index (χ3v) is 4.56. The summed E-state index contributed by atoms with van der Waals surface area (Å²) in [4.78, 5) is 18.1. The van der Waals surface area contributed by atoms with Gasteiger partial charge < -0.3 is 20.5 Å². The molecule has 0 spiro atoms. The number of rotatable bonds is 2. The molecule has 0 atom stereocenters. The Morgan fingerprint density at radius 2 is 2.14 bits per heavy atom. The number of aliphatic hydroxyl groups excluding tert-OH is 1. The molecule has 1 aliphatic heterocycles. The van der Waals surface area contributed by atoms with E-state index in [-0.39, 0.29) is 12.7 Å². The second kappa shape index (κ2) is 5.90. The van der Waals surface area contributed by atoms with Gasteiger partial charge in [0.2, 0.25) is 0 Å². The van der Waals surface area contributed by atoms with Gasteiger partial charge in [-0.25, -0.2) is 9.78 Å². The molecule has 0 unspecified atom stereocenters. The molecular weight excluding hydrogens is 290 g/mol. The number of hydrogen-bond acceptors (Lipinski definition) is 6. The fourth-order valence-corrected chi connectivity index (χ4v) is 3.22. The summed E-state index contributed by atoms with van der Waals surface area (Å²) in [6.07, 6.45) is 0.995. The monoisotopic (exact) mass is 313 g/mol. The second-order valence-electron chi connectivity index (χ2n) is 6.43. The lowest BCUT2D eigenvalue weighted by Gasteiger charge is -2.38. The van der Waals surface area contributed by atoms with Crippen LogP contribution >= 0.6 is 11.3 Å². The molecule has 3 N–H and O–H groups in total. The summed E-state index contributed by atoms with van der Waals surface area (Å²) in [6.45, 7) is 6.60. The van der Waals surface area contributed by atoms with Crippen molar-refractivity contribution in [3.05, 3.63) is 16.1 Å². The molecule has 2 heterocycles. The molecule has 118 valence electrons. The number of carbonyl (C=O) groups is 1. The van der Waals surface area contributed by atoms with Gasteiger partial charge in [0.05, 0.1) is 17.8 Å². The van der Waals surface area contributed by atoms with Gasteiger partial charge in [-0.1, -0.05) is 0 Å². The molecule has 1 saturated heterocycles. The van der Waals surface area contributed by atoms with E-state index in [9.17, 15) is 4.79 Å². The van der Waals surface area contributed by atoms with Crippen molar-refractivity contribution in [1.82, 2.24) is 9.88 Å². The summed E-state index contributed by atoms with van der Waals surface area (Å²) in [7, 11) is 0. The standard InChI is InChI=1S/C14H23N3O3S/c1-13(2,3)20-12(19)17-6-4-14(15,5-7-17)11-16-10(8-18)9-21-11/h9,18H,4-8,15H2,1-3H3. The summed E-state index contributed by atoms with van der Waals surface area (Å²) >= 11 is 1.47. The van der Waals surface area contributed by atoms with Gasteiger partial charge in [0.15, 0.2) is 0 Å². The van der Waals surface area contributed by atoms with Crippen LogP contribution in [0.25, 0.3) is 0 Å². The zero-order valence-electron chi connectivity index (χ0n) is 12.8. The van der Waals surface area contributed by atoms with Gasteiger partial charge in [0.1, 0.15) is 10.6 Å². The Kier molecular flexibility index (Phi) is 4.55. The third kappa shape index (κ3) is 3.93. The van der Waals surface area contributed by atoms with Gasteiger partial charge in [-0.2, -0.15) is 0 Å². The van der Waals surface area contributed by atoms with Crippen LogP contribution in [-0.4, -0.2) is 39.8 Å². The summed E-state index contributed by atoms with van der Waals surface area (Å²) in [5.41, 5.74) is 6.07. The second-order valence-corrected chi connectivity index (χ2v) is 7.28. The highest BCUT2D eigenvalue weighted by Crippen LogP contribution is 2.32. The van der Waals surface area contributed by atoms with Crippen LogP contribution < -0.4 is 5.73 Å². The molecule has 6 nitrogen and oxygen atoms in total. The Morgan fingerprint density at radius 1 is 1.52 bits per heavy atom. The minimum absolute atomic E-state index is 0.0728. The molecule has 1 aliphatic rings. The van der Waals surface area contributed by atoms with Crippen LogP contribution in [-0.2, 0) is 16.9 Å². The van der Waals surface area contributed by atoms with Crippen molar-refractivity contribution in [2.45, 2.75) is 51.4 Å². The molecule has 1 aromatic rings. The number of thiazole rings is 1. The maximum atomic E-state index is 12.0. The van der Waals surface area contributed by atoms with Crippen LogP contribution in [0.4, 0.5) is 4.79 Å². The average molecular weight is 313 g/mol.